The number of benzene rings is 1. The third-order valence-electron chi connectivity index (χ3n) is 3.30. The van der Waals surface area contributed by atoms with Gasteiger partial charge in [-0.15, -0.1) is 0 Å². The fraction of sp³-hybridized carbons (Fsp3) is 0.333. The monoisotopic (exact) mass is 263 g/mol. The number of rotatable bonds is 4. The first-order valence-corrected chi connectivity index (χ1v) is 6.46. The summed E-state index contributed by atoms with van der Waals surface area (Å²) >= 11 is 5.82. The van der Waals surface area contributed by atoms with Gasteiger partial charge >= 0.3 is 0 Å². The van der Waals surface area contributed by atoms with Gasteiger partial charge in [-0.25, -0.2) is 0 Å². The third kappa shape index (κ3) is 2.95. The number of halogens is 1. The Morgan fingerprint density at radius 1 is 1.17 bits per heavy atom. The number of hydrogen-bond acceptors (Lipinski definition) is 2. The maximum atomic E-state index is 5.82. The molecule has 2 rings (SSSR count). The van der Waals surface area contributed by atoms with Crippen LogP contribution in [-0.4, -0.2) is 7.05 Å². The van der Waals surface area contributed by atoms with Crippen LogP contribution in [0.3, 0.4) is 0 Å². The van der Waals surface area contributed by atoms with Gasteiger partial charge in [-0.3, -0.25) is 0 Å². The Kier molecular flexibility index (Phi) is 4.10. The molecule has 0 bridgehead atoms. The molecule has 1 unspecified atom stereocenters. The lowest BCUT2D eigenvalue weighted by molar-refractivity contribution is 0.430. The smallest absolute Gasteiger partial charge is 0.193 e. The van der Waals surface area contributed by atoms with Crippen LogP contribution in [0.5, 0.6) is 0 Å². The first-order valence-electron chi connectivity index (χ1n) is 6.09. The molecular weight excluding hydrogens is 246 g/mol. The first kappa shape index (κ1) is 13.2. The minimum Gasteiger partial charge on any atom is -0.448 e. The second-order valence-electron chi connectivity index (χ2n) is 4.61. The molecule has 0 saturated carbocycles. The van der Waals surface area contributed by atoms with Gasteiger partial charge in [0.25, 0.3) is 0 Å². The first-order chi connectivity index (χ1) is 8.60. The molecule has 0 aliphatic rings. The summed E-state index contributed by atoms with van der Waals surface area (Å²) in [6, 6.07) is 10.4. The van der Waals surface area contributed by atoms with E-state index in [1.54, 1.807) is 6.07 Å². The Balaban J connectivity index is 2.17. The number of furan rings is 1. The zero-order valence-electron chi connectivity index (χ0n) is 11.0. The van der Waals surface area contributed by atoms with Gasteiger partial charge in [0.05, 0.1) is 6.04 Å². The summed E-state index contributed by atoms with van der Waals surface area (Å²) in [5.74, 6) is 0.876. The van der Waals surface area contributed by atoms with E-state index in [4.69, 9.17) is 16.0 Å². The molecule has 3 heteroatoms. The van der Waals surface area contributed by atoms with E-state index in [1.807, 2.05) is 13.1 Å². The topological polar surface area (TPSA) is 25.2 Å². The number of likely N-dealkylation sites (N-methyl/N-ethyl adjacent to an activating group) is 1. The Bertz CT molecular complexity index is 533. The van der Waals surface area contributed by atoms with E-state index in [2.05, 4.69) is 37.4 Å². The van der Waals surface area contributed by atoms with Gasteiger partial charge in [0.15, 0.2) is 5.22 Å². The lowest BCUT2D eigenvalue weighted by Gasteiger charge is -2.14. The summed E-state index contributed by atoms with van der Waals surface area (Å²) in [5, 5.41) is 3.70. The summed E-state index contributed by atoms with van der Waals surface area (Å²) in [6.45, 7) is 4.26. The molecule has 18 heavy (non-hydrogen) atoms. The van der Waals surface area contributed by atoms with Crippen molar-refractivity contribution < 1.29 is 4.42 Å². The van der Waals surface area contributed by atoms with Crippen LogP contribution in [0.2, 0.25) is 5.22 Å². The summed E-state index contributed by atoms with van der Waals surface area (Å²) in [4.78, 5) is 0. The van der Waals surface area contributed by atoms with E-state index < -0.39 is 0 Å². The Morgan fingerprint density at radius 2 is 1.94 bits per heavy atom. The molecule has 2 aromatic rings. The Labute approximate surface area is 113 Å². The van der Waals surface area contributed by atoms with Gasteiger partial charge in [0, 0.05) is 0 Å². The van der Waals surface area contributed by atoms with Crippen LogP contribution in [0.25, 0.3) is 0 Å². The minimum absolute atomic E-state index is 0.152. The predicted molar refractivity (Wildman–Crippen MR) is 75.1 cm³/mol. The van der Waals surface area contributed by atoms with Crippen LogP contribution in [0, 0.1) is 13.8 Å². The molecule has 2 nitrogen and oxygen atoms in total. The highest BCUT2D eigenvalue weighted by Gasteiger charge is 2.14. The minimum atomic E-state index is 0.152. The van der Waals surface area contributed by atoms with Crippen molar-refractivity contribution in [2.45, 2.75) is 26.3 Å². The molecule has 1 N–H and O–H groups in total. The van der Waals surface area contributed by atoms with Crippen molar-refractivity contribution in [1.82, 2.24) is 5.32 Å². The number of hydrogen-bond donors (Lipinski definition) is 1. The second-order valence-corrected chi connectivity index (χ2v) is 4.98. The summed E-state index contributed by atoms with van der Waals surface area (Å²) in [7, 11) is 1.93. The van der Waals surface area contributed by atoms with Crippen molar-refractivity contribution in [3.8, 4) is 0 Å². The van der Waals surface area contributed by atoms with E-state index in [1.165, 1.54) is 16.7 Å². The van der Waals surface area contributed by atoms with Crippen LogP contribution in [0.4, 0.5) is 0 Å². The highest BCUT2D eigenvalue weighted by molar-refractivity contribution is 6.28. The maximum Gasteiger partial charge on any atom is 0.193 e. The fourth-order valence-electron chi connectivity index (χ4n) is 2.03. The van der Waals surface area contributed by atoms with Crippen molar-refractivity contribution in [3.63, 3.8) is 0 Å². The average Bonchev–Trinajstić information content (AvgIpc) is 2.77. The van der Waals surface area contributed by atoms with Crippen molar-refractivity contribution in [2.24, 2.45) is 0 Å². The van der Waals surface area contributed by atoms with Crippen molar-refractivity contribution >= 4 is 11.6 Å². The number of nitrogens with one attached hydrogen (secondary N) is 1. The standard InChI is InChI=1S/C15H18ClNO/c1-10-4-5-12(8-11(10)2)9-13(17-3)14-6-7-15(16)18-14/h4-8,13,17H,9H2,1-3H3. The molecule has 0 fully saturated rings. The van der Waals surface area contributed by atoms with Gasteiger partial charge in [0.1, 0.15) is 5.76 Å². The molecule has 96 valence electrons. The summed E-state index contributed by atoms with van der Waals surface area (Å²) in [6.07, 6.45) is 0.890. The summed E-state index contributed by atoms with van der Waals surface area (Å²) < 4.78 is 5.47. The van der Waals surface area contributed by atoms with Gasteiger partial charge in [-0.05, 0) is 67.7 Å². The Hall–Kier alpha value is -1.25. The van der Waals surface area contributed by atoms with E-state index >= 15 is 0 Å². The third-order valence-corrected chi connectivity index (χ3v) is 3.50. The SMILES string of the molecule is CNC(Cc1ccc(C)c(C)c1)c1ccc(Cl)o1. The molecule has 0 spiro atoms. The molecule has 0 aliphatic heterocycles. The highest BCUT2D eigenvalue weighted by atomic mass is 35.5. The Morgan fingerprint density at radius 3 is 2.50 bits per heavy atom. The van der Waals surface area contributed by atoms with E-state index in [-0.39, 0.29) is 6.04 Å². The second kappa shape index (κ2) is 5.59. The van der Waals surface area contributed by atoms with Gasteiger partial charge < -0.3 is 9.73 Å². The van der Waals surface area contributed by atoms with Gasteiger partial charge in [0.2, 0.25) is 0 Å². The maximum absolute atomic E-state index is 5.82. The molecular formula is C15H18ClNO. The lowest BCUT2D eigenvalue weighted by Crippen LogP contribution is -2.18. The quantitative estimate of drug-likeness (QED) is 0.900. The molecule has 0 amide bonds. The highest BCUT2D eigenvalue weighted by Crippen LogP contribution is 2.23. The van der Waals surface area contributed by atoms with Crippen LogP contribution >= 0.6 is 11.6 Å². The molecule has 1 atom stereocenters. The lowest BCUT2D eigenvalue weighted by atomic mass is 10.00. The summed E-state index contributed by atoms with van der Waals surface area (Å²) in [5.41, 5.74) is 3.94. The van der Waals surface area contributed by atoms with Crippen LogP contribution in [0.15, 0.2) is 34.7 Å². The van der Waals surface area contributed by atoms with E-state index in [0.29, 0.717) is 5.22 Å². The van der Waals surface area contributed by atoms with Crippen LogP contribution < -0.4 is 5.32 Å². The average molecular weight is 264 g/mol. The molecule has 0 saturated heterocycles. The molecule has 1 aromatic heterocycles. The van der Waals surface area contributed by atoms with Crippen molar-refractivity contribution in [2.75, 3.05) is 7.05 Å². The van der Waals surface area contributed by atoms with E-state index in [9.17, 15) is 0 Å². The largest absolute Gasteiger partial charge is 0.448 e. The van der Waals surface area contributed by atoms with Crippen LogP contribution in [0.1, 0.15) is 28.5 Å². The fourth-order valence-corrected chi connectivity index (χ4v) is 2.18. The van der Waals surface area contributed by atoms with Gasteiger partial charge in [-0.2, -0.15) is 0 Å². The zero-order valence-corrected chi connectivity index (χ0v) is 11.7. The molecule has 0 aliphatic carbocycles. The van der Waals surface area contributed by atoms with Crippen molar-refractivity contribution in [3.05, 3.63) is 58.0 Å². The van der Waals surface area contributed by atoms with Gasteiger partial charge in [-0.1, -0.05) is 18.2 Å². The normalized spacial score (nSPS) is 12.7. The predicted octanol–water partition coefficient (Wildman–Crippen LogP) is 4.05. The zero-order chi connectivity index (χ0) is 13.1. The molecule has 1 aromatic carbocycles. The number of aryl methyl sites for hydroxylation is 2. The molecule has 0 radical (unpaired) electrons. The van der Waals surface area contributed by atoms with Crippen molar-refractivity contribution in [1.29, 1.82) is 0 Å². The van der Waals surface area contributed by atoms with E-state index in [0.717, 1.165) is 12.2 Å². The van der Waals surface area contributed by atoms with Crippen LogP contribution in [-0.2, 0) is 6.42 Å². The molecule has 1 heterocycles.